The summed E-state index contributed by atoms with van der Waals surface area (Å²) in [5, 5.41) is 11.8. The molecule has 24 heavy (non-hydrogen) atoms. The molecule has 0 radical (unpaired) electrons. The van der Waals surface area contributed by atoms with E-state index in [2.05, 4.69) is 5.32 Å². The molecule has 5 nitrogen and oxygen atoms in total. The molecule has 1 heterocycles. The second-order valence-electron chi connectivity index (χ2n) is 5.72. The first-order valence-corrected chi connectivity index (χ1v) is 7.31. The number of aryl methyl sites for hydroxylation is 1. The minimum absolute atomic E-state index is 0.284. The Morgan fingerprint density at radius 2 is 2.12 bits per heavy atom. The second kappa shape index (κ2) is 6.91. The molecule has 2 amide bonds. The third-order valence-corrected chi connectivity index (χ3v) is 3.87. The molecule has 2 rings (SSSR count). The molecule has 2 atom stereocenters. The number of nitrogens with zero attached hydrogens (tertiary/aromatic N) is 2. The lowest BCUT2D eigenvalue weighted by molar-refractivity contribution is -0.157. The quantitative estimate of drug-likeness (QED) is 0.913. The molecule has 128 valence electrons. The van der Waals surface area contributed by atoms with Crippen LogP contribution in [0.4, 0.5) is 13.2 Å². The maximum absolute atomic E-state index is 12.4. The van der Waals surface area contributed by atoms with E-state index in [4.69, 9.17) is 0 Å². The van der Waals surface area contributed by atoms with Crippen molar-refractivity contribution in [2.45, 2.75) is 25.6 Å². The smallest absolute Gasteiger partial charge is 0.336 e. The predicted octanol–water partition coefficient (Wildman–Crippen LogP) is 2.09. The lowest BCUT2D eigenvalue weighted by Gasteiger charge is -2.19. The first-order valence-electron chi connectivity index (χ1n) is 7.31. The van der Waals surface area contributed by atoms with Crippen LogP contribution in [0.2, 0.25) is 0 Å². The van der Waals surface area contributed by atoms with Crippen LogP contribution in [-0.4, -0.2) is 36.0 Å². The summed E-state index contributed by atoms with van der Waals surface area (Å²) in [5.41, 5.74) is 1.43. The van der Waals surface area contributed by atoms with Crippen molar-refractivity contribution in [2.75, 3.05) is 13.1 Å². The standard InChI is InChI=1S/C16H16F3N3O2/c1-10-4-2-3-5-12(10)13(7-20)21-15(24)11-6-14(23)22(8-11)9-16(17,18)19/h2-5,11,13H,6,8-9H2,1H3,(H,21,24)/t11-,13+/m0/s1. The van der Waals surface area contributed by atoms with Gasteiger partial charge in [-0.05, 0) is 18.1 Å². The molecule has 0 saturated carbocycles. The topological polar surface area (TPSA) is 73.2 Å². The highest BCUT2D eigenvalue weighted by Crippen LogP contribution is 2.25. The van der Waals surface area contributed by atoms with Crippen molar-refractivity contribution >= 4 is 11.8 Å². The summed E-state index contributed by atoms with van der Waals surface area (Å²) in [6.07, 6.45) is -4.79. The van der Waals surface area contributed by atoms with Gasteiger partial charge in [-0.25, -0.2) is 0 Å². The van der Waals surface area contributed by atoms with Crippen LogP contribution < -0.4 is 5.32 Å². The van der Waals surface area contributed by atoms with Gasteiger partial charge in [0.25, 0.3) is 0 Å². The summed E-state index contributed by atoms with van der Waals surface area (Å²) in [7, 11) is 0. The van der Waals surface area contributed by atoms with Crippen LogP contribution in [0.5, 0.6) is 0 Å². The molecule has 1 aromatic rings. The number of amides is 2. The molecule has 1 aliphatic rings. The Hall–Kier alpha value is -2.56. The van der Waals surface area contributed by atoms with Crippen LogP contribution in [0.25, 0.3) is 0 Å². The number of carbonyl (C=O) groups excluding carboxylic acids is 2. The first-order chi connectivity index (χ1) is 11.2. The maximum Gasteiger partial charge on any atom is 0.406 e. The normalized spacial score (nSPS) is 19.0. The van der Waals surface area contributed by atoms with Crippen molar-refractivity contribution < 1.29 is 22.8 Å². The highest BCUT2D eigenvalue weighted by Gasteiger charge is 2.40. The zero-order valence-corrected chi connectivity index (χ0v) is 12.9. The molecule has 1 fully saturated rings. The van der Waals surface area contributed by atoms with Crippen molar-refractivity contribution in [1.29, 1.82) is 5.26 Å². The molecule has 0 bridgehead atoms. The van der Waals surface area contributed by atoms with Gasteiger partial charge in [0.05, 0.1) is 12.0 Å². The monoisotopic (exact) mass is 339 g/mol. The van der Waals surface area contributed by atoms with Gasteiger partial charge in [-0.1, -0.05) is 24.3 Å². The van der Waals surface area contributed by atoms with Crippen LogP contribution in [0.1, 0.15) is 23.6 Å². The molecule has 1 saturated heterocycles. The first kappa shape index (κ1) is 17.8. The van der Waals surface area contributed by atoms with Gasteiger partial charge < -0.3 is 10.2 Å². The van der Waals surface area contributed by atoms with E-state index in [1.807, 2.05) is 6.07 Å². The fourth-order valence-electron chi connectivity index (χ4n) is 2.67. The molecule has 1 N–H and O–H groups in total. The van der Waals surface area contributed by atoms with Crippen molar-refractivity contribution in [3.05, 3.63) is 35.4 Å². The third-order valence-electron chi connectivity index (χ3n) is 3.87. The fourth-order valence-corrected chi connectivity index (χ4v) is 2.67. The Balaban J connectivity index is 2.04. The fraction of sp³-hybridized carbons (Fsp3) is 0.438. The summed E-state index contributed by atoms with van der Waals surface area (Å²) >= 11 is 0. The average molecular weight is 339 g/mol. The number of nitrogens with one attached hydrogen (secondary N) is 1. The van der Waals surface area contributed by atoms with E-state index >= 15 is 0 Å². The maximum atomic E-state index is 12.4. The molecule has 1 aromatic carbocycles. The summed E-state index contributed by atoms with van der Waals surface area (Å²) in [4.78, 5) is 24.5. The lowest BCUT2D eigenvalue weighted by Crippen LogP contribution is -2.38. The average Bonchev–Trinajstić information content (AvgIpc) is 2.85. The minimum atomic E-state index is -4.50. The highest BCUT2D eigenvalue weighted by molar-refractivity contribution is 5.89. The van der Waals surface area contributed by atoms with Gasteiger partial charge in [0.15, 0.2) is 0 Å². The number of rotatable bonds is 4. The minimum Gasteiger partial charge on any atom is -0.336 e. The Labute approximate surface area is 137 Å². The van der Waals surface area contributed by atoms with Crippen molar-refractivity contribution in [3.63, 3.8) is 0 Å². The van der Waals surface area contributed by atoms with E-state index < -0.39 is 36.5 Å². The zero-order valence-electron chi connectivity index (χ0n) is 12.9. The number of likely N-dealkylation sites (tertiary alicyclic amines) is 1. The van der Waals surface area contributed by atoms with Crippen LogP contribution in [-0.2, 0) is 9.59 Å². The predicted molar refractivity (Wildman–Crippen MR) is 78.4 cm³/mol. The van der Waals surface area contributed by atoms with E-state index in [0.717, 1.165) is 5.56 Å². The second-order valence-corrected chi connectivity index (χ2v) is 5.72. The van der Waals surface area contributed by atoms with Crippen LogP contribution in [0.15, 0.2) is 24.3 Å². The third kappa shape index (κ3) is 4.25. The summed E-state index contributed by atoms with van der Waals surface area (Å²) in [5.74, 6) is -2.19. The van der Waals surface area contributed by atoms with Gasteiger partial charge in [-0.2, -0.15) is 18.4 Å². The lowest BCUT2D eigenvalue weighted by atomic mass is 10.0. The summed E-state index contributed by atoms with van der Waals surface area (Å²) in [6, 6.07) is 8.05. The zero-order chi connectivity index (χ0) is 17.9. The van der Waals surface area contributed by atoms with E-state index in [1.165, 1.54) is 0 Å². The number of halogens is 3. The molecular weight excluding hydrogens is 323 g/mol. The van der Waals surface area contributed by atoms with Crippen molar-refractivity contribution in [2.24, 2.45) is 5.92 Å². The van der Waals surface area contributed by atoms with E-state index in [1.54, 1.807) is 31.2 Å². The van der Waals surface area contributed by atoms with Gasteiger partial charge in [0.2, 0.25) is 11.8 Å². The molecule has 0 aliphatic carbocycles. The number of hydrogen-bond acceptors (Lipinski definition) is 3. The molecule has 0 spiro atoms. The Morgan fingerprint density at radius 1 is 1.46 bits per heavy atom. The largest absolute Gasteiger partial charge is 0.406 e. The summed E-state index contributed by atoms with van der Waals surface area (Å²) < 4.78 is 37.2. The van der Waals surface area contributed by atoms with Crippen LogP contribution >= 0.6 is 0 Å². The number of carbonyl (C=O) groups is 2. The van der Waals surface area contributed by atoms with Crippen LogP contribution in [0, 0.1) is 24.2 Å². The Bertz CT molecular complexity index is 682. The van der Waals surface area contributed by atoms with Crippen LogP contribution in [0.3, 0.4) is 0 Å². The van der Waals surface area contributed by atoms with Gasteiger partial charge in [-0.15, -0.1) is 0 Å². The van der Waals surface area contributed by atoms with E-state index in [-0.39, 0.29) is 13.0 Å². The molecular formula is C16H16F3N3O2. The highest BCUT2D eigenvalue weighted by atomic mass is 19.4. The number of hydrogen-bond donors (Lipinski definition) is 1. The SMILES string of the molecule is Cc1ccccc1[C@@H](C#N)NC(=O)[C@H]1CC(=O)N(CC(F)(F)F)C1. The van der Waals surface area contributed by atoms with Gasteiger partial charge in [-0.3, -0.25) is 9.59 Å². The van der Waals surface area contributed by atoms with E-state index in [0.29, 0.717) is 10.5 Å². The molecule has 0 unspecified atom stereocenters. The summed E-state index contributed by atoms with van der Waals surface area (Å²) in [6.45, 7) is 0.126. The van der Waals surface area contributed by atoms with Gasteiger partial charge in [0, 0.05) is 13.0 Å². The Kier molecular flexibility index (Phi) is 5.12. The van der Waals surface area contributed by atoms with Crippen molar-refractivity contribution in [1.82, 2.24) is 10.2 Å². The van der Waals surface area contributed by atoms with Crippen molar-refractivity contribution in [3.8, 4) is 6.07 Å². The number of benzene rings is 1. The van der Waals surface area contributed by atoms with E-state index in [9.17, 15) is 28.0 Å². The van der Waals surface area contributed by atoms with Gasteiger partial charge in [0.1, 0.15) is 12.6 Å². The number of nitriles is 1. The Morgan fingerprint density at radius 3 is 2.71 bits per heavy atom. The van der Waals surface area contributed by atoms with Gasteiger partial charge >= 0.3 is 6.18 Å². The molecule has 8 heteroatoms. The number of alkyl halides is 3. The molecule has 0 aromatic heterocycles. The molecule has 1 aliphatic heterocycles.